The average Bonchev–Trinajstić information content (AvgIpc) is 2.20. The summed E-state index contributed by atoms with van der Waals surface area (Å²) in [5.41, 5.74) is -0.477. The molecule has 0 aliphatic rings. The van der Waals surface area contributed by atoms with E-state index in [2.05, 4.69) is 4.74 Å². The lowest BCUT2D eigenvalue weighted by Crippen LogP contribution is -2.07. The van der Waals surface area contributed by atoms with Gasteiger partial charge in [0.2, 0.25) is 0 Å². The van der Waals surface area contributed by atoms with Crippen LogP contribution in [-0.2, 0) is 13.8 Å². The fourth-order valence-electron chi connectivity index (χ4n) is 1.05. The smallest absolute Gasteiger partial charge is 0.339 e. The number of halogens is 4. The molecule has 9 heteroatoms. The Morgan fingerprint density at radius 1 is 1.35 bits per heavy atom. The molecule has 0 amide bonds. The van der Waals surface area contributed by atoms with Crippen LogP contribution in [0.5, 0.6) is 0 Å². The minimum atomic E-state index is -4.39. The van der Waals surface area contributed by atoms with Gasteiger partial charge in [-0.3, -0.25) is 0 Å². The van der Waals surface area contributed by atoms with Crippen molar-refractivity contribution in [2.75, 3.05) is 7.11 Å². The number of methoxy groups -OCH3 is 1. The number of ether oxygens (including phenoxy) is 1. The quantitative estimate of drug-likeness (QED) is 0.477. The van der Waals surface area contributed by atoms with Gasteiger partial charge in [0.15, 0.2) is 0 Å². The number of rotatable bonds is 2. The largest absolute Gasteiger partial charge is 0.465 e. The highest BCUT2D eigenvalue weighted by Gasteiger charge is 2.27. The van der Waals surface area contributed by atoms with Crippen LogP contribution >= 0.6 is 33.9 Å². The van der Waals surface area contributed by atoms with Crippen molar-refractivity contribution in [3.05, 3.63) is 27.5 Å². The first kappa shape index (κ1) is 14.5. The monoisotopic (exact) mass is 320 g/mol. The van der Waals surface area contributed by atoms with E-state index < -0.39 is 41.3 Å². The molecule has 17 heavy (non-hydrogen) atoms. The van der Waals surface area contributed by atoms with Crippen molar-refractivity contribution in [3.63, 3.8) is 0 Å². The molecule has 0 aromatic heterocycles. The lowest BCUT2D eigenvalue weighted by Gasteiger charge is -2.08. The zero-order valence-electron chi connectivity index (χ0n) is 8.13. The molecule has 0 aliphatic heterocycles. The highest BCUT2D eigenvalue weighted by Crippen LogP contribution is 2.36. The lowest BCUT2D eigenvalue weighted by atomic mass is 10.2. The van der Waals surface area contributed by atoms with Gasteiger partial charge in [-0.15, -0.1) is 0 Å². The summed E-state index contributed by atoms with van der Waals surface area (Å²) >= 11 is 11.1. The molecule has 1 rings (SSSR count). The molecule has 0 saturated carbocycles. The molecule has 0 saturated heterocycles. The number of benzene rings is 1. The molecule has 4 nitrogen and oxygen atoms in total. The van der Waals surface area contributed by atoms with Crippen LogP contribution in [0.2, 0.25) is 10.0 Å². The van der Waals surface area contributed by atoms with Crippen LogP contribution in [0.25, 0.3) is 0 Å². The molecular formula is C8H4Cl3FO4S. The van der Waals surface area contributed by atoms with Crippen molar-refractivity contribution in [2.45, 2.75) is 4.90 Å². The summed E-state index contributed by atoms with van der Waals surface area (Å²) in [7, 11) is 1.68. The Balaban J connectivity index is 3.73. The van der Waals surface area contributed by atoms with Crippen molar-refractivity contribution < 1.29 is 22.3 Å². The Morgan fingerprint density at radius 3 is 2.29 bits per heavy atom. The predicted octanol–water partition coefficient (Wildman–Crippen LogP) is 2.85. The molecule has 1 aromatic rings. The van der Waals surface area contributed by atoms with E-state index in [0.717, 1.165) is 7.11 Å². The summed E-state index contributed by atoms with van der Waals surface area (Å²) in [5, 5.41) is -1.36. The van der Waals surface area contributed by atoms with Crippen molar-refractivity contribution in [3.8, 4) is 0 Å². The van der Waals surface area contributed by atoms with E-state index in [-0.39, 0.29) is 0 Å². The van der Waals surface area contributed by atoms with Crippen LogP contribution in [0.3, 0.4) is 0 Å². The molecule has 0 fully saturated rings. The third-order valence-electron chi connectivity index (χ3n) is 1.77. The van der Waals surface area contributed by atoms with E-state index in [1.54, 1.807) is 0 Å². The summed E-state index contributed by atoms with van der Waals surface area (Å²) in [4.78, 5) is 10.4. The first-order chi connectivity index (χ1) is 7.70. The van der Waals surface area contributed by atoms with E-state index in [1.165, 1.54) is 0 Å². The van der Waals surface area contributed by atoms with Crippen LogP contribution < -0.4 is 0 Å². The predicted molar refractivity (Wildman–Crippen MR) is 60.8 cm³/mol. The summed E-state index contributed by atoms with van der Waals surface area (Å²) in [6, 6.07) is 0.669. The van der Waals surface area contributed by atoms with Gasteiger partial charge >= 0.3 is 5.97 Å². The zero-order chi connectivity index (χ0) is 13.4. The van der Waals surface area contributed by atoms with E-state index in [4.69, 9.17) is 33.9 Å². The average molecular weight is 322 g/mol. The highest BCUT2D eigenvalue weighted by molar-refractivity contribution is 8.14. The zero-order valence-corrected chi connectivity index (χ0v) is 11.2. The summed E-state index contributed by atoms with van der Waals surface area (Å²) in [5.74, 6) is -2.15. The van der Waals surface area contributed by atoms with Gasteiger partial charge in [-0.1, -0.05) is 23.2 Å². The number of hydrogen-bond donors (Lipinski definition) is 0. The Labute approximate surface area is 111 Å². The van der Waals surface area contributed by atoms with Gasteiger partial charge in [-0.2, -0.15) is 0 Å². The molecule has 0 unspecified atom stereocenters. The summed E-state index contributed by atoms with van der Waals surface area (Å²) in [6.07, 6.45) is 0. The van der Waals surface area contributed by atoms with Gasteiger partial charge in [-0.05, 0) is 6.07 Å². The maximum absolute atomic E-state index is 13.3. The number of esters is 1. The van der Waals surface area contributed by atoms with Gasteiger partial charge in [0.05, 0.1) is 22.7 Å². The molecule has 0 radical (unpaired) electrons. The first-order valence-corrected chi connectivity index (χ1v) is 6.97. The summed E-state index contributed by atoms with van der Waals surface area (Å²) in [6.45, 7) is 0. The minimum absolute atomic E-state index is 0.477. The Morgan fingerprint density at radius 2 is 1.88 bits per heavy atom. The van der Waals surface area contributed by atoms with Crippen molar-refractivity contribution in [1.82, 2.24) is 0 Å². The molecule has 0 aliphatic carbocycles. The lowest BCUT2D eigenvalue weighted by molar-refractivity contribution is 0.0600. The molecular weight excluding hydrogens is 318 g/mol. The second-order valence-electron chi connectivity index (χ2n) is 2.79. The van der Waals surface area contributed by atoms with Crippen molar-refractivity contribution in [1.29, 1.82) is 0 Å². The van der Waals surface area contributed by atoms with Crippen molar-refractivity contribution in [2.24, 2.45) is 0 Å². The van der Waals surface area contributed by atoms with Gasteiger partial charge in [0.25, 0.3) is 9.05 Å². The molecule has 0 atom stereocenters. The topological polar surface area (TPSA) is 60.4 Å². The third kappa shape index (κ3) is 2.82. The van der Waals surface area contributed by atoms with Crippen LogP contribution in [0.4, 0.5) is 4.39 Å². The number of hydrogen-bond acceptors (Lipinski definition) is 4. The summed E-state index contributed by atoms with van der Waals surface area (Å²) < 4.78 is 40.0. The van der Waals surface area contributed by atoms with Gasteiger partial charge in [0.1, 0.15) is 10.7 Å². The van der Waals surface area contributed by atoms with Gasteiger partial charge in [-0.25, -0.2) is 17.6 Å². The van der Waals surface area contributed by atoms with E-state index in [0.29, 0.717) is 6.07 Å². The molecule has 1 aromatic carbocycles. The maximum Gasteiger partial charge on any atom is 0.339 e. The van der Waals surface area contributed by atoms with Crippen LogP contribution in [0, 0.1) is 5.82 Å². The Hall–Kier alpha value is -0.560. The first-order valence-electron chi connectivity index (χ1n) is 3.90. The highest BCUT2D eigenvalue weighted by atomic mass is 35.7. The second-order valence-corrected chi connectivity index (χ2v) is 6.05. The van der Waals surface area contributed by atoms with Gasteiger partial charge < -0.3 is 4.74 Å². The van der Waals surface area contributed by atoms with Crippen molar-refractivity contribution >= 4 is 48.9 Å². The number of carbonyl (C=O) groups is 1. The molecule has 94 valence electrons. The molecule has 0 bridgehead atoms. The second kappa shape index (κ2) is 4.97. The van der Waals surface area contributed by atoms with Gasteiger partial charge in [0, 0.05) is 10.7 Å². The van der Waals surface area contributed by atoms with E-state index >= 15 is 0 Å². The van der Waals surface area contributed by atoms with Crippen LogP contribution in [-0.4, -0.2) is 21.5 Å². The fourth-order valence-corrected chi connectivity index (χ4v) is 3.42. The fraction of sp³-hybridized carbons (Fsp3) is 0.125. The molecule has 0 spiro atoms. The van der Waals surface area contributed by atoms with E-state index in [1.807, 2.05) is 0 Å². The molecule has 0 heterocycles. The SMILES string of the molecule is COC(=O)c1cc(F)c(Cl)c(S(=O)(=O)Cl)c1Cl. The standard InChI is InChI=1S/C8H4Cl3FO4S/c1-16-8(13)3-2-4(12)6(10)7(5(3)9)17(11,14)15/h2H,1H3. The Bertz CT molecular complexity index is 585. The van der Waals surface area contributed by atoms with Crippen LogP contribution in [0.15, 0.2) is 11.0 Å². The third-order valence-corrected chi connectivity index (χ3v) is 4.11. The normalized spacial score (nSPS) is 11.4. The minimum Gasteiger partial charge on any atom is -0.465 e. The Kier molecular flexibility index (Phi) is 4.24. The maximum atomic E-state index is 13.3. The molecule has 0 N–H and O–H groups in total. The van der Waals surface area contributed by atoms with Crippen LogP contribution in [0.1, 0.15) is 10.4 Å². The number of carbonyl (C=O) groups excluding carboxylic acids is 1. The van der Waals surface area contributed by atoms with E-state index in [9.17, 15) is 17.6 Å².